The number of fused-ring (bicyclic) bond motifs is 2. The third-order valence-corrected chi connectivity index (χ3v) is 8.37. The SMILES string of the molecule is Cc1ccc(S(=O)(=O)N[C@H](Cc2c[nH]c3ccccc23)C(=O)Oc2cc(C)cc3oc(=O)c(C)c(C)c23)cc1. The minimum Gasteiger partial charge on any atom is -0.425 e. The molecule has 0 amide bonds. The molecule has 8 nitrogen and oxygen atoms in total. The molecule has 0 spiro atoms. The molecule has 0 unspecified atom stereocenters. The maximum absolute atomic E-state index is 13.7. The summed E-state index contributed by atoms with van der Waals surface area (Å²) in [7, 11) is -4.06. The third kappa shape index (κ3) is 5.23. The number of benzene rings is 3. The molecule has 0 radical (unpaired) electrons. The molecule has 0 saturated heterocycles. The van der Waals surface area contributed by atoms with Gasteiger partial charge in [0.2, 0.25) is 10.0 Å². The lowest BCUT2D eigenvalue weighted by Gasteiger charge is -2.19. The summed E-state index contributed by atoms with van der Waals surface area (Å²) in [5, 5.41) is 1.36. The van der Waals surface area contributed by atoms with Gasteiger partial charge in [0.25, 0.3) is 0 Å². The second-order valence-corrected chi connectivity index (χ2v) is 11.5. The van der Waals surface area contributed by atoms with Crippen LogP contribution in [0.15, 0.2) is 81.0 Å². The fourth-order valence-corrected chi connectivity index (χ4v) is 5.80. The van der Waals surface area contributed by atoms with Crippen LogP contribution in [0.25, 0.3) is 21.9 Å². The van der Waals surface area contributed by atoms with Gasteiger partial charge in [-0.3, -0.25) is 0 Å². The number of hydrogen-bond acceptors (Lipinski definition) is 6. The van der Waals surface area contributed by atoms with Crippen LogP contribution in [0.1, 0.15) is 27.8 Å². The van der Waals surface area contributed by atoms with E-state index < -0.39 is 27.7 Å². The Morgan fingerprint density at radius 1 is 0.974 bits per heavy atom. The Hall–Kier alpha value is -4.21. The van der Waals surface area contributed by atoms with Crippen molar-refractivity contribution in [3.8, 4) is 5.75 Å². The van der Waals surface area contributed by atoms with Gasteiger partial charge in [-0.1, -0.05) is 35.9 Å². The Morgan fingerprint density at radius 3 is 2.44 bits per heavy atom. The van der Waals surface area contributed by atoms with E-state index in [0.717, 1.165) is 22.0 Å². The fourth-order valence-electron chi connectivity index (χ4n) is 4.61. The van der Waals surface area contributed by atoms with Gasteiger partial charge < -0.3 is 14.1 Å². The van der Waals surface area contributed by atoms with Crippen LogP contribution in [0, 0.1) is 27.7 Å². The van der Waals surface area contributed by atoms with E-state index in [1.165, 1.54) is 12.1 Å². The Kier molecular flexibility index (Phi) is 6.88. The zero-order chi connectivity index (χ0) is 27.9. The Labute approximate surface area is 225 Å². The maximum Gasteiger partial charge on any atom is 0.339 e. The number of aromatic amines is 1. The van der Waals surface area contributed by atoms with Crippen molar-refractivity contribution < 1.29 is 22.4 Å². The van der Waals surface area contributed by atoms with Gasteiger partial charge in [0.05, 0.1) is 10.3 Å². The number of ether oxygens (including phenoxy) is 1. The average Bonchev–Trinajstić information content (AvgIpc) is 3.29. The highest BCUT2D eigenvalue weighted by Gasteiger charge is 2.29. The smallest absolute Gasteiger partial charge is 0.339 e. The number of carbonyl (C=O) groups excluding carboxylic acids is 1. The van der Waals surface area contributed by atoms with Crippen molar-refractivity contribution >= 4 is 37.9 Å². The zero-order valence-electron chi connectivity index (χ0n) is 22.0. The highest BCUT2D eigenvalue weighted by atomic mass is 32.2. The molecule has 39 heavy (non-hydrogen) atoms. The van der Waals surface area contributed by atoms with Gasteiger partial charge >= 0.3 is 11.6 Å². The maximum atomic E-state index is 13.7. The molecule has 1 atom stereocenters. The molecule has 0 fully saturated rings. The van der Waals surface area contributed by atoms with Crippen LogP contribution in [-0.2, 0) is 21.2 Å². The average molecular weight is 545 g/mol. The molecule has 2 N–H and O–H groups in total. The van der Waals surface area contributed by atoms with Crippen LogP contribution < -0.4 is 15.1 Å². The van der Waals surface area contributed by atoms with E-state index >= 15 is 0 Å². The zero-order valence-corrected chi connectivity index (χ0v) is 22.8. The quantitative estimate of drug-likeness (QED) is 0.169. The molecule has 2 heterocycles. The Bertz CT molecular complexity index is 1890. The first kappa shape index (κ1) is 26.4. The predicted molar refractivity (Wildman–Crippen MR) is 150 cm³/mol. The summed E-state index contributed by atoms with van der Waals surface area (Å²) < 4.78 is 40.5. The normalized spacial score (nSPS) is 12.6. The lowest BCUT2D eigenvalue weighted by molar-refractivity contribution is -0.136. The monoisotopic (exact) mass is 544 g/mol. The number of sulfonamides is 1. The first-order valence-corrected chi connectivity index (χ1v) is 13.9. The van der Waals surface area contributed by atoms with Gasteiger partial charge in [-0.25, -0.2) is 18.0 Å². The molecular formula is C30H28N2O6S. The van der Waals surface area contributed by atoms with Crippen molar-refractivity contribution in [3.05, 3.63) is 105 Å². The number of rotatable bonds is 7. The number of hydrogen-bond donors (Lipinski definition) is 2. The first-order valence-electron chi connectivity index (χ1n) is 12.4. The van der Waals surface area contributed by atoms with E-state index in [4.69, 9.17) is 9.15 Å². The van der Waals surface area contributed by atoms with Crippen molar-refractivity contribution in [1.82, 2.24) is 9.71 Å². The minimum atomic E-state index is -4.06. The summed E-state index contributed by atoms with van der Waals surface area (Å²) in [5.41, 5.74) is 4.09. The van der Waals surface area contributed by atoms with Crippen molar-refractivity contribution in [1.29, 1.82) is 0 Å². The van der Waals surface area contributed by atoms with E-state index in [2.05, 4.69) is 9.71 Å². The van der Waals surface area contributed by atoms with Gasteiger partial charge in [-0.05, 0) is 74.7 Å². The summed E-state index contributed by atoms with van der Waals surface area (Å²) in [6.07, 6.45) is 1.81. The van der Waals surface area contributed by atoms with Crippen molar-refractivity contribution in [2.24, 2.45) is 0 Å². The molecule has 3 aromatic carbocycles. The van der Waals surface area contributed by atoms with Crippen LogP contribution in [-0.4, -0.2) is 25.4 Å². The van der Waals surface area contributed by atoms with E-state index in [-0.39, 0.29) is 17.1 Å². The number of H-pyrrole nitrogens is 1. The number of aryl methyl sites for hydroxylation is 3. The van der Waals surface area contributed by atoms with Gasteiger partial charge in [0, 0.05) is 29.1 Å². The number of carbonyl (C=O) groups is 1. The third-order valence-electron chi connectivity index (χ3n) is 6.88. The van der Waals surface area contributed by atoms with Gasteiger partial charge in [0.15, 0.2) is 0 Å². The molecule has 0 bridgehead atoms. The van der Waals surface area contributed by atoms with Crippen LogP contribution in [0.4, 0.5) is 0 Å². The molecule has 2 aromatic heterocycles. The topological polar surface area (TPSA) is 118 Å². The fraction of sp³-hybridized carbons (Fsp3) is 0.200. The van der Waals surface area contributed by atoms with Crippen LogP contribution >= 0.6 is 0 Å². The van der Waals surface area contributed by atoms with Gasteiger partial charge in [-0.2, -0.15) is 4.72 Å². The molecule has 200 valence electrons. The van der Waals surface area contributed by atoms with Crippen molar-refractivity contribution in [2.75, 3.05) is 0 Å². The molecule has 0 aliphatic rings. The number of esters is 1. The lowest BCUT2D eigenvalue weighted by Crippen LogP contribution is -2.44. The van der Waals surface area contributed by atoms with Crippen LogP contribution in [0.2, 0.25) is 0 Å². The summed E-state index contributed by atoms with van der Waals surface area (Å²) in [6, 6.07) is 16.1. The highest BCUT2D eigenvalue weighted by molar-refractivity contribution is 7.89. The molecule has 0 aliphatic heterocycles. The Balaban J connectivity index is 1.56. The summed E-state index contributed by atoms with van der Waals surface area (Å²) in [6.45, 7) is 7.04. The number of aromatic nitrogens is 1. The molecule has 0 aliphatic carbocycles. The van der Waals surface area contributed by atoms with Crippen LogP contribution in [0.5, 0.6) is 5.75 Å². The van der Waals surface area contributed by atoms with Crippen molar-refractivity contribution in [3.63, 3.8) is 0 Å². The van der Waals surface area contributed by atoms with Gasteiger partial charge in [0.1, 0.15) is 17.4 Å². The standard InChI is InChI=1S/C30H28N2O6S/c1-17-9-11-22(12-10-17)39(35,36)32-25(15-21-16-31-24-8-6-5-7-23(21)24)30(34)38-27-14-18(2)13-26-28(27)19(3)20(4)29(33)37-26/h5-14,16,25,31-32H,15H2,1-4H3/t25-/m1/s1. The second kappa shape index (κ2) is 10.2. The first-order chi connectivity index (χ1) is 18.5. The summed E-state index contributed by atoms with van der Waals surface area (Å²) in [4.78, 5) is 29.2. The van der Waals surface area contributed by atoms with Crippen LogP contribution in [0.3, 0.4) is 0 Å². The largest absolute Gasteiger partial charge is 0.425 e. The molecular weight excluding hydrogens is 516 g/mol. The van der Waals surface area contributed by atoms with Gasteiger partial charge in [-0.15, -0.1) is 0 Å². The van der Waals surface area contributed by atoms with E-state index in [1.54, 1.807) is 51.2 Å². The highest BCUT2D eigenvalue weighted by Crippen LogP contribution is 2.31. The van der Waals surface area contributed by atoms with E-state index in [0.29, 0.717) is 27.7 Å². The van der Waals surface area contributed by atoms with Crippen molar-refractivity contribution in [2.45, 2.75) is 45.1 Å². The Morgan fingerprint density at radius 2 is 1.69 bits per heavy atom. The summed E-state index contributed by atoms with van der Waals surface area (Å²) >= 11 is 0. The summed E-state index contributed by atoms with van der Waals surface area (Å²) in [5.74, 6) is -0.594. The molecule has 5 aromatic rings. The number of nitrogens with one attached hydrogen (secondary N) is 2. The molecule has 9 heteroatoms. The molecule has 5 rings (SSSR count). The van der Waals surface area contributed by atoms with E-state index in [1.807, 2.05) is 31.2 Å². The van der Waals surface area contributed by atoms with E-state index in [9.17, 15) is 18.0 Å². The predicted octanol–water partition coefficient (Wildman–Crippen LogP) is 5.00. The lowest BCUT2D eigenvalue weighted by atomic mass is 10.0. The minimum absolute atomic E-state index is 0.0408. The second-order valence-electron chi connectivity index (χ2n) is 9.75. The number of para-hydroxylation sites is 1. The molecule has 0 saturated carbocycles.